The van der Waals surface area contributed by atoms with Crippen LogP contribution in [0.25, 0.3) is 33.2 Å². The van der Waals surface area contributed by atoms with E-state index in [1.807, 2.05) is 74.6 Å². The van der Waals surface area contributed by atoms with E-state index in [9.17, 15) is 9.59 Å². The summed E-state index contributed by atoms with van der Waals surface area (Å²) in [4.78, 5) is 48.3. The molecule has 0 atom stereocenters. The lowest BCUT2D eigenvalue weighted by molar-refractivity contribution is -0.144. The Morgan fingerprint density at radius 2 is 1.52 bits per heavy atom. The van der Waals surface area contributed by atoms with Crippen LogP contribution in [0.1, 0.15) is 50.4 Å². The van der Waals surface area contributed by atoms with E-state index < -0.39 is 11.1 Å². The highest BCUT2D eigenvalue weighted by Gasteiger charge is 2.48. The molecule has 0 radical (unpaired) electrons. The maximum atomic E-state index is 14.8. The highest BCUT2D eigenvalue weighted by molar-refractivity contribution is 5.93. The van der Waals surface area contributed by atoms with Crippen molar-refractivity contribution in [3.63, 3.8) is 0 Å². The number of fused-ring (bicyclic) bond motifs is 2. The zero-order valence-corrected chi connectivity index (χ0v) is 31.6. The maximum absolute atomic E-state index is 14.8. The molecule has 6 aromatic rings. The molecule has 13 nitrogen and oxygen atoms in total. The number of imidazole rings is 1. The fourth-order valence-corrected chi connectivity index (χ4v) is 7.55. The van der Waals surface area contributed by atoms with Crippen LogP contribution in [-0.2, 0) is 21.6 Å². The summed E-state index contributed by atoms with van der Waals surface area (Å²) in [6.45, 7) is 13.1. The molecule has 0 bridgehead atoms. The van der Waals surface area contributed by atoms with Crippen molar-refractivity contribution in [2.24, 2.45) is 0 Å². The number of aromatic nitrogens is 7. The van der Waals surface area contributed by atoms with Crippen LogP contribution in [0, 0.1) is 13.8 Å². The number of piperazine rings is 1. The number of hydrogen-bond donors (Lipinski definition) is 0. The van der Waals surface area contributed by atoms with Crippen molar-refractivity contribution in [3.05, 3.63) is 96.1 Å². The Kier molecular flexibility index (Phi) is 9.03. The number of anilines is 1. The number of benzene rings is 3. The Bertz CT molecular complexity index is 2330. The Balaban J connectivity index is 1.05. The van der Waals surface area contributed by atoms with Gasteiger partial charge in [0.25, 0.3) is 5.91 Å². The van der Waals surface area contributed by atoms with Gasteiger partial charge in [-0.1, -0.05) is 53.7 Å². The number of likely N-dealkylation sites (tertiary alicyclic amines) is 1. The zero-order chi connectivity index (χ0) is 37.6. The monoisotopic (exact) mass is 726 g/mol. The van der Waals surface area contributed by atoms with Crippen LogP contribution in [0.5, 0.6) is 0 Å². The minimum atomic E-state index is -1.02. The van der Waals surface area contributed by atoms with E-state index in [2.05, 4.69) is 68.9 Å². The quantitative estimate of drug-likeness (QED) is 0.204. The van der Waals surface area contributed by atoms with Gasteiger partial charge in [-0.25, -0.2) is 24.4 Å². The number of carbonyl (C=O) groups excluding carboxylic acids is 2. The summed E-state index contributed by atoms with van der Waals surface area (Å²) in [5, 5.41) is 10.2. The summed E-state index contributed by atoms with van der Waals surface area (Å²) < 4.78 is 9.50. The smallest absolute Gasteiger partial charge is 0.410 e. The largest absolute Gasteiger partial charge is 0.444 e. The molecule has 0 N–H and O–H groups in total. The molecule has 2 saturated heterocycles. The van der Waals surface area contributed by atoms with Gasteiger partial charge in [0, 0.05) is 50.2 Å². The fourth-order valence-electron chi connectivity index (χ4n) is 7.55. The number of nitrogens with zero attached hydrogens (tertiary/aromatic N) is 10. The molecule has 0 saturated carbocycles. The lowest BCUT2D eigenvalue weighted by Gasteiger charge is -2.44. The van der Waals surface area contributed by atoms with E-state index in [4.69, 9.17) is 14.7 Å². The van der Waals surface area contributed by atoms with Gasteiger partial charge in [0.1, 0.15) is 16.8 Å². The highest BCUT2D eigenvalue weighted by Crippen LogP contribution is 2.34. The number of hydrogen-bond acceptors (Lipinski definition) is 9. The summed E-state index contributed by atoms with van der Waals surface area (Å²) in [6, 6.07) is 22.5. The molecule has 3 aromatic carbocycles. The average molecular weight is 727 g/mol. The third-order valence-corrected chi connectivity index (χ3v) is 10.7. The van der Waals surface area contributed by atoms with Crippen LogP contribution in [0.4, 0.5) is 10.7 Å². The van der Waals surface area contributed by atoms with Crippen molar-refractivity contribution in [1.82, 2.24) is 44.3 Å². The second-order valence-corrected chi connectivity index (χ2v) is 15.5. The Labute approximate surface area is 314 Å². The molecule has 8 rings (SSSR count). The number of piperidine rings is 1. The van der Waals surface area contributed by atoms with E-state index in [1.54, 1.807) is 9.58 Å². The standard InChI is InChI=1S/C41H46N10O3/c1-28-23-34-35(24-29(28)2)50(27-42-34)25-31-26-51(46-45-31)41(15-17-49(18-16-41)39(53)54-40(3,4)5)37(52)47-19-21-48(22-20-47)38-43-33-14-10-9-13-32(33)36(44-38)30-11-7-6-8-12-30/h6-14,23-24,26-27H,15-22,25H2,1-5H3. The molecular weight excluding hydrogens is 681 g/mol. The molecule has 54 heavy (non-hydrogen) atoms. The van der Waals surface area contributed by atoms with Gasteiger partial charge in [-0.05, 0) is 76.8 Å². The Morgan fingerprint density at radius 3 is 2.26 bits per heavy atom. The first kappa shape index (κ1) is 35.2. The summed E-state index contributed by atoms with van der Waals surface area (Å²) in [5.41, 5.74) is 6.23. The van der Waals surface area contributed by atoms with Gasteiger partial charge in [-0.2, -0.15) is 0 Å². The molecule has 0 unspecified atom stereocenters. The zero-order valence-electron chi connectivity index (χ0n) is 31.6. The van der Waals surface area contributed by atoms with Crippen molar-refractivity contribution in [1.29, 1.82) is 0 Å². The summed E-state index contributed by atoms with van der Waals surface area (Å²) in [7, 11) is 0. The average Bonchev–Trinajstić information content (AvgIpc) is 3.81. The lowest BCUT2D eigenvalue weighted by atomic mass is 9.85. The summed E-state index contributed by atoms with van der Waals surface area (Å²) in [6.07, 6.45) is 4.10. The Morgan fingerprint density at radius 1 is 0.815 bits per heavy atom. The Hall–Kier alpha value is -5.85. The van der Waals surface area contributed by atoms with Crippen molar-refractivity contribution >= 4 is 39.9 Å². The summed E-state index contributed by atoms with van der Waals surface area (Å²) >= 11 is 0. The number of rotatable bonds is 6. The molecule has 3 aromatic heterocycles. The van der Waals surface area contributed by atoms with Gasteiger partial charge < -0.3 is 24.0 Å². The van der Waals surface area contributed by atoms with Gasteiger partial charge in [-0.3, -0.25) is 4.79 Å². The van der Waals surface area contributed by atoms with Gasteiger partial charge in [-0.15, -0.1) is 5.10 Å². The topological polar surface area (TPSA) is 127 Å². The molecule has 2 fully saturated rings. The first-order chi connectivity index (χ1) is 26.0. The van der Waals surface area contributed by atoms with Crippen LogP contribution in [0.15, 0.2) is 79.3 Å². The van der Waals surface area contributed by atoms with E-state index >= 15 is 0 Å². The summed E-state index contributed by atoms with van der Waals surface area (Å²) in [5.74, 6) is 0.629. The van der Waals surface area contributed by atoms with Gasteiger partial charge in [0.05, 0.1) is 41.3 Å². The van der Waals surface area contributed by atoms with Crippen molar-refractivity contribution in [2.45, 2.75) is 65.1 Å². The van der Waals surface area contributed by atoms with Crippen molar-refractivity contribution in [3.8, 4) is 11.3 Å². The van der Waals surface area contributed by atoms with E-state index in [0.29, 0.717) is 64.6 Å². The molecule has 13 heteroatoms. The molecule has 5 heterocycles. The maximum Gasteiger partial charge on any atom is 0.410 e. The third kappa shape index (κ3) is 6.74. The number of aryl methyl sites for hydroxylation is 2. The molecular formula is C41H46N10O3. The minimum Gasteiger partial charge on any atom is -0.444 e. The predicted molar refractivity (Wildman–Crippen MR) is 207 cm³/mol. The molecule has 2 aliphatic rings. The SMILES string of the molecule is Cc1cc2ncn(Cc3cn(C4(C(=O)N5CCN(c6nc(-c7ccccc7)c7ccccc7n6)CC5)CCN(C(=O)OC(C)(C)C)CC4)nn3)c2cc1C. The number of carbonyl (C=O) groups is 2. The first-order valence-electron chi connectivity index (χ1n) is 18.7. The molecule has 278 valence electrons. The molecule has 0 spiro atoms. The number of para-hydroxylation sites is 1. The number of amides is 2. The highest BCUT2D eigenvalue weighted by atomic mass is 16.6. The van der Waals surface area contributed by atoms with Crippen LogP contribution in [0.3, 0.4) is 0 Å². The second-order valence-electron chi connectivity index (χ2n) is 15.5. The molecule has 0 aliphatic carbocycles. The van der Waals surface area contributed by atoms with E-state index in [-0.39, 0.29) is 12.0 Å². The van der Waals surface area contributed by atoms with E-state index in [0.717, 1.165) is 38.9 Å². The lowest BCUT2D eigenvalue weighted by Crippen LogP contribution is -2.60. The van der Waals surface area contributed by atoms with Crippen LogP contribution >= 0.6 is 0 Å². The minimum absolute atomic E-state index is 0.0222. The van der Waals surface area contributed by atoms with Crippen LogP contribution in [-0.4, -0.2) is 101 Å². The van der Waals surface area contributed by atoms with Crippen LogP contribution in [0.2, 0.25) is 0 Å². The first-order valence-corrected chi connectivity index (χ1v) is 18.7. The molecule has 2 amide bonds. The van der Waals surface area contributed by atoms with Gasteiger partial charge in [0.2, 0.25) is 5.95 Å². The fraction of sp³-hybridized carbons (Fsp3) is 0.390. The predicted octanol–water partition coefficient (Wildman–Crippen LogP) is 5.98. The second kappa shape index (κ2) is 13.9. The van der Waals surface area contributed by atoms with Gasteiger partial charge in [0.15, 0.2) is 0 Å². The number of ether oxygens (including phenoxy) is 1. The van der Waals surface area contributed by atoms with Crippen molar-refractivity contribution < 1.29 is 14.3 Å². The molecule has 2 aliphatic heterocycles. The van der Waals surface area contributed by atoms with E-state index in [1.165, 1.54) is 11.1 Å². The third-order valence-electron chi connectivity index (χ3n) is 10.7. The van der Waals surface area contributed by atoms with Crippen molar-refractivity contribution in [2.75, 3.05) is 44.2 Å². The normalized spacial score (nSPS) is 16.3. The van der Waals surface area contributed by atoms with Crippen LogP contribution < -0.4 is 4.90 Å². The van der Waals surface area contributed by atoms with Gasteiger partial charge >= 0.3 is 6.09 Å².